The predicted octanol–water partition coefficient (Wildman–Crippen LogP) is 1.15. The number of nitrogens with zero attached hydrogens (tertiary/aromatic N) is 2. The highest BCUT2D eigenvalue weighted by molar-refractivity contribution is 8.14. The van der Waals surface area contributed by atoms with Crippen molar-refractivity contribution in [1.82, 2.24) is 10.6 Å². The third-order valence-electron chi connectivity index (χ3n) is 2.29. The second-order valence-electron chi connectivity index (χ2n) is 4.00. The Bertz CT molecular complexity index is 273. The van der Waals surface area contributed by atoms with Crippen LogP contribution in [0.25, 0.3) is 0 Å². The van der Waals surface area contributed by atoms with E-state index in [0.29, 0.717) is 10.5 Å². The summed E-state index contributed by atoms with van der Waals surface area (Å²) >= 11 is 3.65. The van der Waals surface area contributed by atoms with Gasteiger partial charge in [-0.2, -0.15) is 0 Å². The molecule has 2 rings (SSSR count). The third kappa shape index (κ3) is 3.59. The predicted molar refractivity (Wildman–Crippen MR) is 74.7 cm³/mol. The van der Waals surface area contributed by atoms with Crippen molar-refractivity contribution in [1.29, 1.82) is 0 Å². The molecular weight excluding hydrogens is 240 g/mol. The molecule has 0 saturated heterocycles. The third-order valence-corrected chi connectivity index (χ3v) is 4.38. The van der Waals surface area contributed by atoms with Gasteiger partial charge in [0.15, 0.2) is 10.3 Å². The molecule has 2 atom stereocenters. The average molecular weight is 258 g/mol. The zero-order valence-corrected chi connectivity index (χ0v) is 11.3. The summed E-state index contributed by atoms with van der Waals surface area (Å²) in [5.74, 6) is 0. The Balaban J connectivity index is 1.56. The van der Waals surface area contributed by atoms with Crippen molar-refractivity contribution >= 4 is 33.9 Å². The zero-order chi connectivity index (χ0) is 11.4. The minimum absolute atomic E-state index is 0.631. The number of aliphatic imine (C=N–C) groups is 2. The quantitative estimate of drug-likeness (QED) is 0.746. The van der Waals surface area contributed by atoms with Gasteiger partial charge in [0.05, 0.1) is 13.1 Å². The molecule has 0 aromatic rings. The van der Waals surface area contributed by atoms with Gasteiger partial charge < -0.3 is 10.6 Å². The van der Waals surface area contributed by atoms with E-state index in [1.54, 1.807) is 0 Å². The number of thioether (sulfide) groups is 2. The highest BCUT2D eigenvalue weighted by Crippen LogP contribution is 2.19. The van der Waals surface area contributed by atoms with Crippen LogP contribution in [-0.4, -0.2) is 47.0 Å². The van der Waals surface area contributed by atoms with Crippen molar-refractivity contribution < 1.29 is 0 Å². The molecule has 0 fully saturated rings. The van der Waals surface area contributed by atoms with Gasteiger partial charge in [-0.05, 0) is 0 Å². The molecule has 0 aromatic carbocycles. The molecule has 2 aliphatic rings. The lowest BCUT2D eigenvalue weighted by Gasteiger charge is -2.08. The van der Waals surface area contributed by atoms with Gasteiger partial charge in [0.2, 0.25) is 0 Å². The molecule has 0 amide bonds. The van der Waals surface area contributed by atoms with Crippen LogP contribution in [0.1, 0.15) is 13.8 Å². The summed E-state index contributed by atoms with van der Waals surface area (Å²) in [5, 5.41) is 10.1. The first kappa shape index (κ1) is 12.1. The van der Waals surface area contributed by atoms with Gasteiger partial charge in [-0.25, -0.2) is 0 Å². The lowest BCUT2D eigenvalue weighted by Crippen LogP contribution is -2.31. The van der Waals surface area contributed by atoms with Crippen LogP contribution in [0.5, 0.6) is 0 Å². The van der Waals surface area contributed by atoms with Gasteiger partial charge in [0, 0.05) is 23.6 Å². The SMILES string of the molecule is CC1CN=C(NCCNC2=NCC(C)S2)S1. The van der Waals surface area contributed by atoms with Gasteiger partial charge >= 0.3 is 0 Å². The molecule has 0 spiro atoms. The summed E-state index contributed by atoms with van der Waals surface area (Å²) in [6.07, 6.45) is 0. The van der Waals surface area contributed by atoms with Crippen molar-refractivity contribution in [3.05, 3.63) is 0 Å². The first-order valence-corrected chi connectivity index (χ1v) is 7.40. The molecule has 0 aliphatic carbocycles. The van der Waals surface area contributed by atoms with E-state index in [2.05, 4.69) is 34.5 Å². The summed E-state index contributed by atoms with van der Waals surface area (Å²) in [6, 6.07) is 0. The Kier molecular flexibility index (Phi) is 4.40. The lowest BCUT2D eigenvalue weighted by atomic mass is 10.5. The standard InChI is InChI=1S/C10H18N4S2/c1-7-5-13-9(15-7)11-3-4-12-10-14-6-8(2)16-10/h7-8H,3-6H2,1-2H3,(H,11,13)(H,12,14). The van der Waals surface area contributed by atoms with Crippen LogP contribution in [0.2, 0.25) is 0 Å². The van der Waals surface area contributed by atoms with Crippen molar-refractivity contribution in [2.45, 2.75) is 24.3 Å². The van der Waals surface area contributed by atoms with Gasteiger partial charge in [0.25, 0.3) is 0 Å². The first-order valence-electron chi connectivity index (χ1n) is 5.64. The molecule has 2 aliphatic heterocycles. The Morgan fingerprint density at radius 3 is 1.75 bits per heavy atom. The van der Waals surface area contributed by atoms with E-state index in [4.69, 9.17) is 0 Å². The minimum Gasteiger partial charge on any atom is -0.363 e. The summed E-state index contributed by atoms with van der Waals surface area (Å²) in [4.78, 5) is 8.81. The molecule has 0 bridgehead atoms. The van der Waals surface area contributed by atoms with Crippen LogP contribution in [0, 0.1) is 0 Å². The summed E-state index contributed by atoms with van der Waals surface area (Å²) < 4.78 is 0. The summed E-state index contributed by atoms with van der Waals surface area (Å²) in [5.41, 5.74) is 0. The van der Waals surface area contributed by atoms with Crippen LogP contribution < -0.4 is 10.6 Å². The van der Waals surface area contributed by atoms with Gasteiger partial charge in [0.1, 0.15) is 0 Å². The Morgan fingerprint density at radius 2 is 1.44 bits per heavy atom. The van der Waals surface area contributed by atoms with E-state index in [-0.39, 0.29) is 0 Å². The first-order chi connectivity index (χ1) is 7.74. The van der Waals surface area contributed by atoms with Crippen molar-refractivity contribution in [3.63, 3.8) is 0 Å². The number of hydrogen-bond donors (Lipinski definition) is 2. The fraction of sp³-hybridized carbons (Fsp3) is 0.800. The van der Waals surface area contributed by atoms with E-state index in [0.717, 1.165) is 36.5 Å². The molecule has 6 heteroatoms. The molecule has 90 valence electrons. The van der Waals surface area contributed by atoms with Crippen LogP contribution >= 0.6 is 23.5 Å². The summed E-state index contributed by atoms with van der Waals surface area (Å²) in [7, 11) is 0. The Hall–Kier alpha value is -0.360. The Labute approximate surface area is 105 Å². The summed E-state index contributed by atoms with van der Waals surface area (Å²) in [6.45, 7) is 8.11. The Morgan fingerprint density at radius 1 is 1.00 bits per heavy atom. The average Bonchev–Trinajstić information content (AvgIpc) is 2.83. The molecule has 2 unspecified atom stereocenters. The number of hydrogen-bond acceptors (Lipinski definition) is 6. The van der Waals surface area contributed by atoms with Crippen LogP contribution in [0.3, 0.4) is 0 Å². The van der Waals surface area contributed by atoms with Crippen LogP contribution in [-0.2, 0) is 0 Å². The molecule has 2 N–H and O–H groups in total. The maximum absolute atomic E-state index is 4.40. The minimum atomic E-state index is 0.631. The van der Waals surface area contributed by atoms with E-state index >= 15 is 0 Å². The smallest absolute Gasteiger partial charge is 0.156 e. The van der Waals surface area contributed by atoms with Crippen molar-refractivity contribution in [2.75, 3.05) is 26.2 Å². The molecule has 2 heterocycles. The maximum Gasteiger partial charge on any atom is 0.156 e. The highest BCUT2D eigenvalue weighted by atomic mass is 32.2. The maximum atomic E-state index is 4.40. The zero-order valence-electron chi connectivity index (χ0n) is 9.69. The van der Waals surface area contributed by atoms with Gasteiger partial charge in [-0.1, -0.05) is 37.4 Å². The fourth-order valence-electron chi connectivity index (χ4n) is 1.49. The topological polar surface area (TPSA) is 48.8 Å². The number of amidine groups is 2. The molecule has 0 aromatic heterocycles. The van der Waals surface area contributed by atoms with Gasteiger partial charge in [-0.15, -0.1) is 0 Å². The fourth-order valence-corrected chi connectivity index (χ4v) is 3.22. The number of nitrogens with one attached hydrogen (secondary N) is 2. The molecule has 0 radical (unpaired) electrons. The number of rotatable bonds is 3. The molecular formula is C10H18N4S2. The van der Waals surface area contributed by atoms with Gasteiger partial charge in [-0.3, -0.25) is 9.98 Å². The monoisotopic (exact) mass is 258 g/mol. The van der Waals surface area contributed by atoms with Crippen LogP contribution in [0.4, 0.5) is 0 Å². The largest absolute Gasteiger partial charge is 0.363 e. The lowest BCUT2D eigenvalue weighted by molar-refractivity contribution is 0.819. The van der Waals surface area contributed by atoms with E-state index in [9.17, 15) is 0 Å². The second-order valence-corrected chi connectivity index (χ2v) is 6.86. The highest BCUT2D eigenvalue weighted by Gasteiger charge is 2.15. The molecule has 4 nitrogen and oxygen atoms in total. The van der Waals surface area contributed by atoms with E-state index in [1.807, 2.05) is 23.5 Å². The molecule has 16 heavy (non-hydrogen) atoms. The second kappa shape index (κ2) is 5.82. The van der Waals surface area contributed by atoms with Crippen molar-refractivity contribution in [2.24, 2.45) is 9.98 Å². The van der Waals surface area contributed by atoms with Crippen LogP contribution in [0.15, 0.2) is 9.98 Å². The van der Waals surface area contributed by atoms with Crippen molar-refractivity contribution in [3.8, 4) is 0 Å². The normalized spacial score (nSPS) is 28.9. The molecule has 0 saturated carbocycles. The van der Waals surface area contributed by atoms with E-state index < -0.39 is 0 Å². The van der Waals surface area contributed by atoms with E-state index in [1.165, 1.54) is 0 Å².